The highest BCUT2D eigenvalue weighted by Gasteiger charge is 2.26. The maximum absolute atomic E-state index is 13.0. The Morgan fingerprint density at radius 1 is 1.09 bits per heavy atom. The van der Waals surface area contributed by atoms with Gasteiger partial charge < -0.3 is 14.8 Å². The van der Waals surface area contributed by atoms with Crippen LogP contribution in [0.5, 0.6) is 0 Å². The molecule has 4 aromatic rings. The molecule has 5 rings (SSSR count). The predicted octanol–water partition coefficient (Wildman–Crippen LogP) is 4.84. The SMILES string of the molecule is CCCn1c(CNC(=O)C2CCN(c3ccnc4ccc(C)cc34)CC2)nc2ccccc21. The first-order chi connectivity index (χ1) is 16.1. The largest absolute Gasteiger partial charge is 0.371 e. The van der Waals surface area contributed by atoms with Crippen LogP contribution < -0.4 is 10.2 Å². The van der Waals surface area contributed by atoms with Crippen molar-refractivity contribution in [3.63, 3.8) is 0 Å². The second-order valence-corrected chi connectivity index (χ2v) is 9.00. The summed E-state index contributed by atoms with van der Waals surface area (Å²) in [5.41, 5.74) is 5.60. The second kappa shape index (κ2) is 9.22. The van der Waals surface area contributed by atoms with Gasteiger partial charge in [0.2, 0.25) is 5.91 Å². The Morgan fingerprint density at radius 2 is 1.91 bits per heavy atom. The van der Waals surface area contributed by atoms with E-state index in [1.165, 1.54) is 16.6 Å². The van der Waals surface area contributed by atoms with Crippen LogP contribution in [0.2, 0.25) is 0 Å². The maximum Gasteiger partial charge on any atom is 0.223 e. The number of rotatable bonds is 6. The van der Waals surface area contributed by atoms with Gasteiger partial charge in [-0.1, -0.05) is 30.7 Å². The minimum atomic E-state index is 0.0418. The summed E-state index contributed by atoms with van der Waals surface area (Å²) in [5.74, 6) is 1.11. The summed E-state index contributed by atoms with van der Waals surface area (Å²) in [5, 5.41) is 4.36. The molecule has 1 amide bonds. The topological polar surface area (TPSA) is 63.1 Å². The summed E-state index contributed by atoms with van der Waals surface area (Å²) < 4.78 is 2.23. The third-order valence-electron chi connectivity index (χ3n) is 6.68. The summed E-state index contributed by atoms with van der Waals surface area (Å²) in [4.78, 5) is 24.7. The van der Waals surface area contributed by atoms with Crippen LogP contribution in [0, 0.1) is 12.8 Å². The smallest absolute Gasteiger partial charge is 0.223 e. The molecular formula is C27H31N5O. The molecule has 33 heavy (non-hydrogen) atoms. The van der Waals surface area contributed by atoms with Gasteiger partial charge in [0.05, 0.1) is 23.1 Å². The second-order valence-electron chi connectivity index (χ2n) is 9.00. The van der Waals surface area contributed by atoms with Gasteiger partial charge in [-0.05, 0) is 56.5 Å². The lowest BCUT2D eigenvalue weighted by molar-refractivity contribution is -0.125. The third-order valence-corrected chi connectivity index (χ3v) is 6.68. The first-order valence-electron chi connectivity index (χ1n) is 12.0. The van der Waals surface area contributed by atoms with E-state index in [0.717, 1.165) is 61.3 Å². The number of piperidine rings is 1. The number of benzene rings is 2. The van der Waals surface area contributed by atoms with Crippen LogP contribution in [0.3, 0.4) is 0 Å². The lowest BCUT2D eigenvalue weighted by Gasteiger charge is -2.33. The first kappa shape index (κ1) is 21.4. The van der Waals surface area contributed by atoms with Gasteiger partial charge in [-0.3, -0.25) is 9.78 Å². The normalized spacial score (nSPS) is 14.8. The summed E-state index contributed by atoms with van der Waals surface area (Å²) in [6.45, 7) is 7.41. The van der Waals surface area contributed by atoms with Gasteiger partial charge in [0.15, 0.2) is 0 Å². The fourth-order valence-corrected chi connectivity index (χ4v) is 4.95. The Labute approximate surface area is 194 Å². The van der Waals surface area contributed by atoms with Crippen molar-refractivity contribution in [3.8, 4) is 0 Å². The number of hydrogen-bond acceptors (Lipinski definition) is 4. The molecule has 1 aliphatic heterocycles. The fraction of sp³-hybridized carbons (Fsp3) is 0.370. The number of carbonyl (C=O) groups excluding carboxylic acids is 1. The number of para-hydroxylation sites is 2. The van der Waals surface area contributed by atoms with Crippen molar-refractivity contribution in [1.29, 1.82) is 0 Å². The minimum absolute atomic E-state index is 0.0418. The molecule has 0 bridgehead atoms. The van der Waals surface area contributed by atoms with E-state index in [9.17, 15) is 4.79 Å². The molecular weight excluding hydrogens is 410 g/mol. The number of aromatic nitrogens is 3. The Hall–Kier alpha value is -3.41. The molecule has 0 saturated carbocycles. The average molecular weight is 442 g/mol. The average Bonchev–Trinajstić information content (AvgIpc) is 3.20. The molecule has 1 fully saturated rings. The van der Waals surface area contributed by atoms with Gasteiger partial charge in [-0.15, -0.1) is 0 Å². The standard InChI is InChI=1S/C27H31N5O/c1-3-14-32-25-7-5-4-6-23(25)30-26(32)18-29-27(33)20-11-15-31(16-12-20)24-10-13-28-22-9-8-19(2)17-21(22)24/h4-10,13,17,20H,3,11-12,14-16,18H2,1-2H3,(H,29,33). The Balaban J connectivity index is 1.24. The van der Waals surface area contributed by atoms with Crippen molar-refractivity contribution in [2.24, 2.45) is 5.92 Å². The Bertz CT molecular complexity index is 1290. The molecule has 170 valence electrons. The van der Waals surface area contributed by atoms with Crippen LogP contribution in [-0.2, 0) is 17.9 Å². The van der Waals surface area contributed by atoms with Crippen LogP contribution in [0.1, 0.15) is 37.6 Å². The van der Waals surface area contributed by atoms with Crippen LogP contribution in [0.4, 0.5) is 5.69 Å². The van der Waals surface area contributed by atoms with Crippen molar-refractivity contribution in [3.05, 3.63) is 66.1 Å². The molecule has 2 aromatic heterocycles. The minimum Gasteiger partial charge on any atom is -0.371 e. The van der Waals surface area contributed by atoms with Crippen LogP contribution in [-0.4, -0.2) is 33.5 Å². The van der Waals surface area contributed by atoms with Crippen molar-refractivity contribution in [2.75, 3.05) is 18.0 Å². The van der Waals surface area contributed by atoms with E-state index in [-0.39, 0.29) is 11.8 Å². The molecule has 2 aromatic carbocycles. The summed E-state index contributed by atoms with van der Waals surface area (Å²) in [6.07, 6.45) is 4.62. The van der Waals surface area contributed by atoms with Crippen LogP contribution >= 0.6 is 0 Å². The number of hydrogen-bond donors (Lipinski definition) is 1. The van der Waals surface area contributed by atoms with Crippen molar-refractivity contribution in [2.45, 2.75) is 46.2 Å². The number of pyridine rings is 1. The van der Waals surface area contributed by atoms with E-state index in [1.54, 1.807) is 0 Å². The highest BCUT2D eigenvalue weighted by molar-refractivity contribution is 5.92. The monoisotopic (exact) mass is 441 g/mol. The number of anilines is 1. The maximum atomic E-state index is 13.0. The van der Waals surface area contributed by atoms with E-state index in [2.05, 4.69) is 63.9 Å². The number of nitrogens with one attached hydrogen (secondary N) is 1. The van der Waals surface area contributed by atoms with Gasteiger partial charge in [-0.25, -0.2) is 4.98 Å². The van der Waals surface area contributed by atoms with Crippen molar-refractivity contribution in [1.82, 2.24) is 19.9 Å². The molecule has 6 heteroatoms. The molecule has 0 spiro atoms. The van der Waals surface area contributed by atoms with Gasteiger partial charge in [-0.2, -0.15) is 0 Å². The van der Waals surface area contributed by atoms with Gasteiger partial charge in [0.25, 0.3) is 0 Å². The number of nitrogens with zero attached hydrogens (tertiary/aromatic N) is 4. The van der Waals surface area contributed by atoms with Crippen LogP contribution in [0.25, 0.3) is 21.9 Å². The molecule has 0 atom stereocenters. The van der Waals surface area contributed by atoms with Gasteiger partial charge >= 0.3 is 0 Å². The summed E-state index contributed by atoms with van der Waals surface area (Å²) in [6, 6.07) is 16.7. The van der Waals surface area contributed by atoms with E-state index in [0.29, 0.717) is 6.54 Å². The lowest BCUT2D eigenvalue weighted by atomic mass is 9.95. The van der Waals surface area contributed by atoms with Crippen molar-refractivity contribution < 1.29 is 4.79 Å². The zero-order valence-electron chi connectivity index (χ0n) is 19.4. The zero-order valence-corrected chi connectivity index (χ0v) is 19.4. The number of amides is 1. The quantitative estimate of drug-likeness (QED) is 0.465. The number of carbonyl (C=O) groups is 1. The van der Waals surface area contributed by atoms with Gasteiger partial charge in [0.1, 0.15) is 5.82 Å². The Kier molecular flexibility index (Phi) is 5.99. The van der Waals surface area contributed by atoms with E-state index >= 15 is 0 Å². The van der Waals surface area contributed by atoms with E-state index < -0.39 is 0 Å². The van der Waals surface area contributed by atoms with E-state index in [4.69, 9.17) is 4.98 Å². The molecule has 1 aliphatic rings. The summed E-state index contributed by atoms with van der Waals surface area (Å²) >= 11 is 0. The molecule has 0 aliphatic carbocycles. The number of aryl methyl sites for hydroxylation is 2. The van der Waals surface area contributed by atoms with Crippen LogP contribution in [0.15, 0.2) is 54.7 Å². The molecule has 3 heterocycles. The summed E-state index contributed by atoms with van der Waals surface area (Å²) in [7, 11) is 0. The highest BCUT2D eigenvalue weighted by Crippen LogP contribution is 2.30. The van der Waals surface area contributed by atoms with Gasteiger partial charge in [0, 0.05) is 42.8 Å². The number of fused-ring (bicyclic) bond motifs is 2. The van der Waals surface area contributed by atoms with Crippen molar-refractivity contribution >= 4 is 33.5 Å². The van der Waals surface area contributed by atoms with E-state index in [1.807, 2.05) is 24.4 Å². The predicted molar refractivity (Wildman–Crippen MR) is 133 cm³/mol. The fourth-order valence-electron chi connectivity index (χ4n) is 4.95. The Morgan fingerprint density at radius 3 is 2.73 bits per heavy atom. The highest BCUT2D eigenvalue weighted by atomic mass is 16.1. The zero-order chi connectivity index (χ0) is 22.8. The molecule has 1 saturated heterocycles. The molecule has 1 N–H and O–H groups in total. The molecule has 0 unspecified atom stereocenters. The molecule has 6 nitrogen and oxygen atoms in total. The molecule has 0 radical (unpaired) electrons. The lowest BCUT2D eigenvalue weighted by Crippen LogP contribution is -2.40. The third kappa shape index (κ3) is 4.30. The number of imidazole rings is 1. The first-order valence-corrected chi connectivity index (χ1v) is 12.0.